The Kier molecular flexibility index (Phi) is 5.64. The van der Waals surface area contributed by atoms with E-state index in [1.54, 1.807) is 6.07 Å². The molecule has 0 bridgehead atoms. The van der Waals surface area contributed by atoms with E-state index < -0.39 is 0 Å². The fourth-order valence-corrected chi connectivity index (χ4v) is 4.85. The second kappa shape index (κ2) is 8.73. The Hall–Kier alpha value is -3.21. The molecule has 1 aliphatic heterocycles. The predicted molar refractivity (Wildman–Crippen MR) is 130 cm³/mol. The van der Waals surface area contributed by atoms with Crippen molar-refractivity contribution in [2.75, 3.05) is 16.8 Å². The molecule has 4 nitrogen and oxygen atoms in total. The van der Waals surface area contributed by atoms with Gasteiger partial charge in [0.25, 0.3) is 0 Å². The van der Waals surface area contributed by atoms with Crippen LogP contribution in [0.5, 0.6) is 0 Å². The van der Waals surface area contributed by atoms with Gasteiger partial charge in [-0.1, -0.05) is 49.6 Å². The monoisotopic (exact) mass is 428 g/mol. The molecule has 2 aliphatic rings. The first kappa shape index (κ1) is 20.7. The zero-order chi connectivity index (χ0) is 22.1. The number of rotatable bonds is 4. The fraction of sp³-hybridized carbons (Fsp3) is 0.333. The molecular formula is C27H29FN4. The average molecular weight is 429 g/mol. The number of anilines is 3. The second-order valence-corrected chi connectivity index (χ2v) is 8.87. The van der Waals surface area contributed by atoms with Gasteiger partial charge < -0.3 is 10.2 Å². The molecule has 3 aromatic rings. The lowest BCUT2D eigenvalue weighted by atomic mass is 9.95. The smallest absolute Gasteiger partial charge is 0.225 e. The molecule has 0 saturated heterocycles. The van der Waals surface area contributed by atoms with Crippen LogP contribution in [0, 0.1) is 19.7 Å². The molecule has 0 amide bonds. The first-order valence-corrected chi connectivity index (χ1v) is 11.5. The molecule has 1 saturated carbocycles. The van der Waals surface area contributed by atoms with Gasteiger partial charge in [0.2, 0.25) is 5.95 Å². The van der Waals surface area contributed by atoms with Crippen molar-refractivity contribution in [1.29, 1.82) is 0 Å². The van der Waals surface area contributed by atoms with Gasteiger partial charge in [-0.05, 0) is 62.1 Å². The van der Waals surface area contributed by atoms with Crippen molar-refractivity contribution in [1.82, 2.24) is 9.97 Å². The summed E-state index contributed by atoms with van der Waals surface area (Å²) in [7, 11) is 0. The fourth-order valence-electron chi connectivity index (χ4n) is 4.85. The normalized spacial score (nSPS) is 16.2. The van der Waals surface area contributed by atoms with Gasteiger partial charge in [0.05, 0.1) is 5.69 Å². The lowest BCUT2D eigenvalue weighted by Crippen LogP contribution is -2.27. The van der Waals surface area contributed by atoms with Crippen molar-refractivity contribution in [2.24, 2.45) is 0 Å². The second-order valence-electron chi connectivity index (χ2n) is 8.87. The number of nitrogens with one attached hydrogen (secondary N) is 1. The van der Waals surface area contributed by atoms with Crippen LogP contribution in [0.15, 0.2) is 48.5 Å². The summed E-state index contributed by atoms with van der Waals surface area (Å²) in [5.41, 5.74) is 5.98. The molecule has 2 aromatic carbocycles. The number of halogens is 1. The van der Waals surface area contributed by atoms with Crippen molar-refractivity contribution in [3.63, 3.8) is 0 Å². The summed E-state index contributed by atoms with van der Waals surface area (Å²) in [6.07, 6.45) is 10.3. The molecule has 0 unspecified atom stereocenters. The zero-order valence-corrected chi connectivity index (χ0v) is 18.7. The van der Waals surface area contributed by atoms with Gasteiger partial charge in [0.1, 0.15) is 11.6 Å². The molecule has 32 heavy (non-hydrogen) atoms. The van der Waals surface area contributed by atoms with Crippen LogP contribution in [-0.2, 0) is 0 Å². The minimum atomic E-state index is -0.230. The van der Waals surface area contributed by atoms with Gasteiger partial charge in [-0.15, -0.1) is 0 Å². The molecule has 2 heterocycles. The Morgan fingerprint density at radius 3 is 2.56 bits per heavy atom. The third-order valence-electron chi connectivity index (χ3n) is 6.54. The van der Waals surface area contributed by atoms with Crippen LogP contribution in [0.25, 0.3) is 17.3 Å². The lowest BCUT2D eigenvalue weighted by Gasteiger charge is -2.30. The van der Waals surface area contributed by atoms with Crippen LogP contribution < -0.4 is 10.2 Å². The van der Waals surface area contributed by atoms with Gasteiger partial charge in [-0.25, -0.2) is 9.37 Å². The number of nitrogens with zero attached hydrogens (tertiary/aromatic N) is 3. The molecule has 0 radical (unpaired) electrons. The first-order valence-electron chi connectivity index (χ1n) is 11.5. The Bertz CT molecular complexity index is 1160. The maximum atomic E-state index is 13.9. The van der Waals surface area contributed by atoms with Crippen molar-refractivity contribution in [3.8, 4) is 11.3 Å². The lowest BCUT2D eigenvalue weighted by molar-refractivity contribution is 0.461. The Morgan fingerprint density at radius 1 is 0.969 bits per heavy atom. The van der Waals surface area contributed by atoms with Crippen molar-refractivity contribution in [2.45, 2.75) is 52.0 Å². The quantitative estimate of drug-likeness (QED) is 0.496. The number of benzene rings is 2. The number of para-hydroxylation sites is 1. The van der Waals surface area contributed by atoms with E-state index in [0.29, 0.717) is 12.0 Å². The van der Waals surface area contributed by atoms with Gasteiger partial charge in [0.15, 0.2) is 0 Å². The Morgan fingerprint density at radius 2 is 1.78 bits per heavy atom. The zero-order valence-electron chi connectivity index (χ0n) is 18.7. The summed E-state index contributed by atoms with van der Waals surface area (Å²) in [5.74, 6) is 1.32. The molecular weight excluding hydrogens is 399 g/mol. The standard InChI is InChI=1S/C27H29FN4/c1-18-9-6-7-13-24(18)32-16-8-12-23-25(22-15-14-20(28)17-19(22)2)30-27(31-26(23)32)29-21-10-4-3-5-11-21/h6-9,12-15,17,21H,3-5,10-11,16H2,1-2H3,(H,29,30,31). The Labute approximate surface area is 189 Å². The van der Waals surface area contributed by atoms with Crippen molar-refractivity contribution >= 4 is 23.5 Å². The van der Waals surface area contributed by atoms with Crippen molar-refractivity contribution in [3.05, 3.63) is 71.0 Å². The highest BCUT2D eigenvalue weighted by Gasteiger charge is 2.25. The number of fused-ring (bicyclic) bond motifs is 1. The van der Waals surface area contributed by atoms with Crippen LogP contribution in [0.2, 0.25) is 0 Å². The van der Waals surface area contributed by atoms with Gasteiger partial charge >= 0.3 is 0 Å². The molecule has 164 valence electrons. The van der Waals surface area contributed by atoms with E-state index in [0.717, 1.165) is 53.3 Å². The van der Waals surface area contributed by atoms with E-state index in [1.807, 2.05) is 13.0 Å². The van der Waals surface area contributed by atoms with Gasteiger partial charge in [-0.3, -0.25) is 0 Å². The van der Waals surface area contributed by atoms with E-state index in [-0.39, 0.29) is 5.82 Å². The van der Waals surface area contributed by atoms with Crippen LogP contribution >= 0.6 is 0 Å². The highest BCUT2D eigenvalue weighted by atomic mass is 19.1. The summed E-state index contributed by atoms with van der Waals surface area (Å²) in [4.78, 5) is 12.2. The highest BCUT2D eigenvalue weighted by molar-refractivity contribution is 5.86. The highest BCUT2D eigenvalue weighted by Crippen LogP contribution is 2.39. The van der Waals surface area contributed by atoms with Crippen LogP contribution in [0.1, 0.15) is 48.8 Å². The van der Waals surface area contributed by atoms with Crippen LogP contribution in [0.4, 0.5) is 21.8 Å². The predicted octanol–water partition coefficient (Wildman–Crippen LogP) is 6.81. The third kappa shape index (κ3) is 3.99. The number of aryl methyl sites for hydroxylation is 2. The van der Waals surface area contributed by atoms with E-state index in [2.05, 4.69) is 53.6 Å². The van der Waals surface area contributed by atoms with E-state index in [1.165, 1.54) is 30.9 Å². The van der Waals surface area contributed by atoms with Crippen LogP contribution in [0.3, 0.4) is 0 Å². The molecule has 1 fully saturated rings. The largest absolute Gasteiger partial charge is 0.351 e. The Balaban J connectivity index is 1.66. The topological polar surface area (TPSA) is 41.1 Å². The van der Waals surface area contributed by atoms with E-state index in [9.17, 15) is 4.39 Å². The number of aromatic nitrogens is 2. The molecule has 0 atom stereocenters. The average Bonchev–Trinajstić information content (AvgIpc) is 2.80. The third-order valence-corrected chi connectivity index (χ3v) is 6.54. The molecule has 1 aromatic heterocycles. The van der Waals surface area contributed by atoms with E-state index >= 15 is 0 Å². The van der Waals surface area contributed by atoms with Crippen LogP contribution in [-0.4, -0.2) is 22.6 Å². The van der Waals surface area contributed by atoms with Crippen molar-refractivity contribution < 1.29 is 4.39 Å². The molecule has 1 N–H and O–H groups in total. The number of hydrogen-bond donors (Lipinski definition) is 1. The summed E-state index contributed by atoms with van der Waals surface area (Å²) < 4.78 is 13.9. The molecule has 5 rings (SSSR count). The molecule has 0 spiro atoms. The SMILES string of the molecule is Cc1cc(F)ccc1-c1nc(NC2CCCCC2)nc2c1C=CCN2c1ccccc1C. The summed E-state index contributed by atoms with van der Waals surface area (Å²) in [6, 6.07) is 13.7. The summed E-state index contributed by atoms with van der Waals surface area (Å²) >= 11 is 0. The minimum Gasteiger partial charge on any atom is -0.351 e. The minimum absolute atomic E-state index is 0.230. The summed E-state index contributed by atoms with van der Waals surface area (Å²) in [6.45, 7) is 4.81. The molecule has 1 aliphatic carbocycles. The van der Waals surface area contributed by atoms with Gasteiger partial charge in [-0.2, -0.15) is 4.98 Å². The number of hydrogen-bond acceptors (Lipinski definition) is 4. The van der Waals surface area contributed by atoms with Gasteiger partial charge in [0, 0.05) is 29.4 Å². The first-order chi connectivity index (χ1) is 15.6. The maximum absolute atomic E-state index is 13.9. The van der Waals surface area contributed by atoms with E-state index in [4.69, 9.17) is 9.97 Å². The maximum Gasteiger partial charge on any atom is 0.225 e. The summed E-state index contributed by atoms with van der Waals surface area (Å²) in [5, 5.41) is 3.61. The molecule has 5 heteroatoms.